The molecule has 0 spiro atoms. The van der Waals surface area contributed by atoms with Crippen LogP contribution in [0.25, 0.3) is 0 Å². The Morgan fingerprint density at radius 3 is 2.70 bits per heavy atom. The van der Waals surface area contributed by atoms with Crippen LogP contribution >= 0.6 is 0 Å². The highest BCUT2D eigenvalue weighted by Crippen LogP contribution is 2.17. The number of nitrogens with two attached hydrogens (primary N) is 1. The number of carbonyl (C=O) groups excluding carboxylic acids is 1. The lowest BCUT2D eigenvalue weighted by atomic mass is 10.1. The zero-order valence-electron chi connectivity index (χ0n) is 11.8. The summed E-state index contributed by atoms with van der Waals surface area (Å²) in [7, 11) is 0. The standard InChI is InChI=1S/C15H18N4O/c1-9-7-14(11(3)19-18-9)15(20)17-13-6-4-5-12(8-13)10(2)16/h4-8,10H,16H2,1-3H3,(H,17,20). The predicted octanol–water partition coefficient (Wildman–Crippen LogP) is 2.37. The van der Waals surface area contributed by atoms with E-state index in [-0.39, 0.29) is 11.9 Å². The summed E-state index contributed by atoms with van der Waals surface area (Å²) in [5.41, 5.74) is 9.39. The fourth-order valence-corrected chi connectivity index (χ4v) is 1.88. The summed E-state index contributed by atoms with van der Waals surface area (Å²) < 4.78 is 0. The van der Waals surface area contributed by atoms with Crippen molar-refractivity contribution < 1.29 is 4.79 Å². The minimum Gasteiger partial charge on any atom is -0.324 e. The molecule has 1 atom stereocenters. The van der Waals surface area contributed by atoms with E-state index in [1.807, 2.05) is 31.2 Å². The number of rotatable bonds is 3. The number of aromatic nitrogens is 2. The molecule has 0 radical (unpaired) electrons. The topological polar surface area (TPSA) is 80.9 Å². The van der Waals surface area contributed by atoms with E-state index >= 15 is 0 Å². The maximum absolute atomic E-state index is 12.3. The second-order valence-electron chi connectivity index (χ2n) is 4.85. The molecule has 0 saturated carbocycles. The Bertz CT molecular complexity index is 638. The summed E-state index contributed by atoms with van der Waals surface area (Å²) in [5, 5.41) is 10.7. The molecule has 0 fully saturated rings. The Kier molecular flexibility index (Phi) is 4.10. The number of benzene rings is 1. The number of aryl methyl sites for hydroxylation is 2. The number of hydrogen-bond donors (Lipinski definition) is 2. The van der Waals surface area contributed by atoms with Crippen molar-refractivity contribution in [2.75, 3.05) is 5.32 Å². The quantitative estimate of drug-likeness (QED) is 0.897. The van der Waals surface area contributed by atoms with Gasteiger partial charge in [0.15, 0.2) is 0 Å². The summed E-state index contributed by atoms with van der Waals surface area (Å²) >= 11 is 0. The first-order valence-electron chi connectivity index (χ1n) is 6.45. The van der Waals surface area contributed by atoms with Gasteiger partial charge in [-0.2, -0.15) is 10.2 Å². The summed E-state index contributed by atoms with van der Waals surface area (Å²) in [6, 6.07) is 9.17. The fraction of sp³-hybridized carbons (Fsp3) is 0.267. The molecule has 1 aromatic carbocycles. The van der Waals surface area contributed by atoms with Gasteiger partial charge in [0.25, 0.3) is 5.91 Å². The van der Waals surface area contributed by atoms with Gasteiger partial charge in [-0.1, -0.05) is 12.1 Å². The second kappa shape index (κ2) is 5.79. The minimum atomic E-state index is -0.192. The molecule has 0 aliphatic rings. The smallest absolute Gasteiger partial charge is 0.257 e. The Morgan fingerprint density at radius 1 is 1.25 bits per heavy atom. The fourth-order valence-electron chi connectivity index (χ4n) is 1.88. The van der Waals surface area contributed by atoms with Crippen LogP contribution in [-0.4, -0.2) is 16.1 Å². The summed E-state index contributed by atoms with van der Waals surface area (Å²) in [6.07, 6.45) is 0. The highest BCUT2D eigenvalue weighted by Gasteiger charge is 2.12. The van der Waals surface area contributed by atoms with Crippen LogP contribution in [0.2, 0.25) is 0 Å². The van der Waals surface area contributed by atoms with E-state index in [4.69, 9.17) is 5.73 Å². The second-order valence-corrected chi connectivity index (χ2v) is 4.85. The average molecular weight is 270 g/mol. The zero-order chi connectivity index (χ0) is 14.7. The van der Waals surface area contributed by atoms with Gasteiger partial charge in [0.2, 0.25) is 0 Å². The largest absolute Gasteiger partial charge is 0.324 e. The van der Waals surface area contributed by atoms with Crippen LogP contribution in [0.1, 0.15) is 40.3 Å². The number of nitrogens with one attached hydrogen (secondary N) is 1. The molecule has 2 aromatic rings. The first-order chi connectivity index (χ1) is 9.47. The van der Waals surface area contributed by atoms with Crippen molar-refractivity contribution >= 4 is 11.6 Å². The van der Waals surface area contributed by atoms with Gasteiger partial charge >= 0.3 is 0 Å². The van der Waals surface area contributed by atoms with Crippen LogP contribution in [-0.2, 0) is 0 Å². The third-order valence-corrected chi connectivity index (χ3v) is 3.02. The molecular weight excluding hydrogens is 252 g/mol. The van der Waals surface area contributed by atoms with E-state index in [1.54, 1.807) is 19.9 Å². The van der Waals surface area contributed by atoms with Crippen LogP contribution in [0.4, 0.5) is 5.69 Å². The van der Waals surface area contributed by atoms with Crippen LogP contribution in [0.5, 0.6) is 0 Å². The minimum absolute atomic E-state index is 0.0709. The molecule has 0 aliphatic heterocycles. The third kappa shape index (κ3) is 3.19. The monoisotopic (exact) mass is 270 g/mol. The average Bonchev–Trinajstić information content (AvgIpc) is 2.41. The molecule has 0 bridgehead atoms. The molecule has 0 aliphatic carbocycles. The molecule has 1 amide bonds. The van der Waals surface area contributed by atoms with Crippen molar-refractivity contribution in [2.24, 2.45) is 5.73 Å². The first kappa shape index (κ1) is 14.1. The Morgan fingerprint density at radius 2 is 2.00 bits per heavy atom. The molecule has 2 rings (SSSR count). The van der Waals surface area contributed by atoms with E-state index in [0.29, 0.717) is 17.0 Å². The van der Waals surface area contributed by atoms with Gasteiger partial charge in [-0.05, 0) is 44.5 Å². The lowest BCUT2D eigenvalue weighted by molar-refractivity contribution is 0.102. The number of anilines is 1. The van der Waals surface area contributed by atoms with Gasteiger partial charge in [-0.15, -0.1) is 0 Å². The van der Waals surface area contributed by atoms with Crippen LogP contribution in [0.3, 0.4) is 0 Å². The van der Waals surface area contributed by atoms with Gasteiger partial charge in [-0.25, -0.2) is 0 Å². The van der Waals surface area contributed by atoms with E-state index in [9.17, 15) is 4.79 Å². The number of amides is 1. The zero-order valence-corrected chi connectivity index (χ0v) is 11.8. The summed E-state index contributed by atoms with van der Waals surface area (Å²) in [6.45, 7) is 5.47. The van der Waals surface area contributed by atoms with Crippen molar-refractivity contribution in [3.63, 3.8) is 0 Å². The Balaban J connectivity index is 2.23. The third-order valence-electron chi connectivity index (χ3n) is 3.02. The van der Waals surface area contributed by atoms with Crippen molar-refractivity contribution in [3.05, 3.63) is 52.8 Å². The number of hydrogen-bond acceptors (Lipinski definition) is 4. The maximum Gasteiger partial charge on any atom is 0.257 e. The number of carbonyl (C=O) groups is 1. The lowest BCUT2D eigenvalue weighted by Crippen LogP contribution is -2.15. The number of nitrogens with zero attached hydrogens (tertiary/aromatic N) is 2. The van der Waals surface area contributed by atoms with Gasteiger partial charge in [0, 0.05) is 11.7 Å². The molecule has 0 saturated heterocycles. The van der Waals surface area contributed by atoms with Crippen LogP contribution in [0, 0.1) is 13.8 Å². The summed E-state index contributed by atoms with van der Waals surface area (Å²) in [5.74, 6) is -0.192. The highest BCUT2D eigenvalue weighted by molar-refractivity contribution is 6.05. The molecule has 20 heavy (non-hydrogen) atoms. The Labute approximate surface area is 118 Å². The molecular formula is C15H18N4O. The van der Waals surface area contributed by atoms with Gasteiger partial charge in [0.1, 0.15) is 0 Å². The van der Waals surface area contributed by atoms with Gasteiger partial charge in [-0.3, -0.25) is 4.79 Å². The van der Waals surface area contributed by atoms with E-state index in [2.05, 4.69) is 15.5 Å². The van der Waals surface area contributed by atoms with Gasteiger partial charge < -0.3 is 11.1 Å². The van der Waals surface area contributed by atoms with Crippen molar-refractivity contribution in [1.29, 1.82) is 0 Å². The highest BCUT2D eigenvalue weighted by atomic mass is 16.1. The van der Waals surface area contributed by atoms with E-state index < -0.39 is 0 Å². The normalized spacial score (nSPS) is 12.0. The van der Waals surface area contributed by atoms with Crippen molar-refractivity contribution in [3.8, 4) is 0 Å². The van der Waals surface area contributed by atoms with E-state index in [0.717, 1.165) is 11.3 Å². The predicted molar refractivity (Wildman–Crippen MR) is 78.5 cm³/mol. The van der Waals surface area contributed by atoms with E-state index in [1.165, 1.54) is 0 Å². The SMILES string of the molecule is Cc1cc(C(=O)Nc2cccc(C(C)N)c2)c(C)nn1. The molecule has 104 valence electrons. The first-order valence-corrected chi connectivity index (χ1v) is 6.45. The molecule has 1 unspecified atom stereocenters. The summed E-state index contributed by atoms with van der Waals surface area (Å²) in [4.78, 5) is 12.3. The van der Waals surface area contributed by atoms with Gasteiger partial charge in [0.05, 0.1) is 17.0 Å². The van der Waals surface area contributed by atoms with Crippen molar-refractivity contribution in [2.45, 2.75) is 26.8 Å². The molecule has 5 heteroatoms. The molecule has 5 nitrogen and oxygen atoms in total. The van der Waals surface area contributed by atoms with Crippen LogP contribution < -0.4 is 11.1 Å². The van der Waals surface area contributed by atoms with Crippen molar-refractivity contribution in [1.82, 2.24) is 10.2 Å². The van der Waals surface area contributed by atoms with Crippen LogP contribution in [0.15, 0.2) is 30.3 Å². The molecule has 3 N–H and O–H groups in total. The lowest BCUT2D eigenvalue weighted by Gasteiger charge is -2.10. The molecule has 1 aromatic heterocycles. The Hall–Kier alpha value is -2.27. The molecule has 1 heterocycles. The maximum atomic E-state index is 12.3.